The Morgan fingerprint density at radius 3 is 2.38 bits per heavy atom. The van der Waals surface area contributed by atoms with Crippen LogP contribution in [0.2, 0.25) is 0 Å². The fraction of sp³-hybridized carbons (Fsp3) is 0.867. The van der Waals surface area contributed by atoms with Gasteiger partial charge in [-0.15, -0.1) is 0 Å². The number of ketones is 2. The van der Waals surface area contributed by atoms with Crippen molar-refractivity contribution >= 4 is 11.6 Å². The van der Waals surface area contributed by atoms with Gasteiger partial charge in [0.15, 0.2) is 0 Å². The van der Waals surface area contributed by atoms with Crippen LogP contribution in [0.15, 0.2) is 11.6 Å². The molecule has 180 valence electrons. The number of allylic oxidation sites excluding steroid dienone is 2. The molecule has 0 amide bonds. The van der Waals surface area contributed by atoms with Crippen LogP contribution in [-0.2, 0) is 9.59 Å². The Kier molecular flexibility index (Phi) is 5.91. The van der Waals surface area contributed by atoms with Gasteiger partial charge >= 0.3 is 0 Å². The molecule has 0 radical (unpaired) electrons. The third-order valence-electron chi connectivity index (χ3n) is 11.8. The molecule has 0 aliphatic heterocycles. The highest BCUT2D eigenvalue weighted by Crippen LogP contribution is 2.73. The zero-order valence-electron chi connectivity index (χ0n) is 22.1. The van der Waals surface area contributed by atoms with E-state index in [1.165, 1.54) is 25.7 Å². The summed E-state index contributed by atoms with van der Waals surface area (Å²) in [7, 11) is 0. The number of hydrogen-bond donors (Lipinski definition) is 0. The molecule has 0 unspecified atom stereocenters. The summed E-state index contributed by atoms with van der Waals surface area (Å²) < 4.78 is 0. The maximum atomic E-state index is 12.8. The molecule has 7 atom stereocenters. The summed E-state index contributed by atoms with van der Waals surface area (Å²) in [5.41, 5.74) is 2.43. The van der Waals surface area contributed by atoms with Crippen LogP contribution in [0.1, 0.15) is 113 Å². The van der Waals surface area contributed by atoms with Gasteiger partial charge in [0.2, 0.25) is 0 Å². The molecule has 2 nitrogen and oxygen atoms in total. The first-order valence-corrected chi connectivity index (χ1v) is 13.6. The molecule has 0 aromatic rings. The summed E-state index contributed by atoms with van der Waals surface area (Å²) in [5.74, 6) is 3.52. The Morgan fingerprint density at radius 1 is 1.03 bits per heavy atom. The molecule has 0 saturated heterocycles. The van der Waals surface area contributed by atoms with Crippen LogP contribution in [0, 0.1) is 51.2 Å². The van der Waals surface area contributed by atoms with Crippen molar-refractivity contribution in [1.29, 1.82) is 0 Å². The lowest BCUT2D eigenvalue weighted by Gasteiger charge is -2.63. The molecule has 4 aliphatic carbocycles. The second kappa shape index (κ2) is 7.81. The van der Waals surface area contributed by atoms with Crippen molar-refractivity contribution < 1.29 is 9.59 Å². The minimum Gasteiger partial charge on any atom is -0.299 e. The Morgan fingerprint density at radius 2 is 1.72 bits per heavy atom. The smallest absolute Gasteiger partial charge is 0.138 e. The molecule has 32 heavy (non-hydrogen) atoms. The maximum Gasteiger partial charge on any atom is 0.138 e. The Labute approximate surface area is 197 Å². The fourth-order valence-corrected chi connectivity index (χ4v) is 9.33. The molecule has 0 aromatic heterocycles. The fourth-order valence-electron chi connectivity index (χ4n) is 9.33. The first kappa shape index (κ1) is 24.2. The number of carbonyl (C=O) groups excluding carboxylic acids is 2. The lowest BCUT2D eigenvalue weighted by molar-refractivity contribution is -0.146. The number of fused-ring (bicyclic) bond motifs is 5. The molecule has 0 heterocycles. The number of rotatable bonds is 5. The van der Waals surface area contributed by atoms with Gasteiger partial charge in [0.25, 0.3) is 0 Å². The van der Waals surface area contributed by atoms with E-state index in [4.69, 9.17) is 0 Å². The van der Waals surface area contributed by atoms with Gasteiger partial charge in [-0.1, -0.05) is 67.0 Å². The minimum atomic E-state index is -0.188. The zero-order valence-corrected chi connectivity index (χ0v) is 22.1. The first-order valence-electron chi connectivity index (χ1n) is 13.6. The predicted molar refractivity (Wildman–Crippen MR) is 132 cm³/mol. The first-order chi connectivity index (χ1) is 14.8. The van der Waals surface area contributed by atoms with Gasteiger partial charge in [-0.25, -0.2) is 0 Å². The molecule has 3 fully saturated rings. The molecule has 0 N–H and O–H groups in total. The molecule has 4 rings (SSSR count). The van der Waals surface area contributed by atoms with Gasteiger partial charge < -0.3 is 0 Å². The van der Waals surface area contributed by atoms with E-state index in [0.29, 0.717) is 40.7 Å². The molecule has 2 heteroatoms. The van der Waals surface area contributed by atoms with Crippen molar-refractivity contribution in [3.8, 4) is 0 Å². The van der Waals surface area contributed by atoms with Crippen molar-refractivity contribution in [2.45, 2.75) is 113 Å². The monoisotopic (exact) mass is 440 g/mol. The van der Waals surface area contributed by atoms with Crippen LogP contribution in [0.5, 0.6) is 0 Å². The summed E-state index contributed by atoms with van der Waals surface area (Å²) in [6, 6.07) is 0. The summed E-state index contributed by atoms with van der Waals surface area (Å²) in [6.07, 6.45) is 12.5. The zero-order chi connectivity index (χ0) is 23.7. The van der Waals surface area contributed by atoms with Gasteiger partial charge in [-0.05, 0) is 84.9 Å². The molecule has 0 aromatic carbocycles. The lowest BCUT2D eigenvalue weighted by Crippen LogP contribution is -2.57. The van der Waals surface area contributed by atoms with Crippen molar-refractivity contribution in [2.24, 2.45) is 51.2 Å². The van der Waals surface area contributed by atoms with E-state index in [2.05, 4.69) is 47.6 Å². The van der Waals surface area contributed by atoms with E-state index in [9.17, 15) is 9.59 Å². The second-order valence-corrected chi connectivity index (χ2v) is 13.7. The quantitative estimate of drug-likeness (QED) is 0.409. The lowest BCUT2D eigenvalue weighted by atomic mass is 9.41. The summed E-state index contributed by atoms with van der Waals surface area (Å²) in [6.45, 7) is 18.6. The van der Waals surface area contributed by atoms with Crippen LogP contribution in [0.4, 0.5) is 0 Å². The van der Waals surface area contributed by atoms with Gasteiger partial charge in [-0.2, -0.15) is 0 Å². The highest BCUT2D eigenvalue weighted by atomic mass is 16.1. The highest BCUT2D eigenvalue weighted by molar-refractivity contribution is 5.85. The van der Waals surface area contributed by atoms with E-state index in [0.717, 1.165) is 32.1 Å². The molecule has 3 saturated carbocycles. The summed E-state index contributed by atoms with van der Waals surface area (Å²) in [5, 5.41) is 0. The van der Waals surface area contributed by atoms with Crippen LogP contribution in [0.25, 0.3) is 0 Å². The van der Waals surface area contributed by atoms with E-state index in [-0.39, 0.29) is 22.2 Å². The molecular formula is C30H48O2. The largest absolute Gasteiger partial charge is 0.299 e. The van der Waals surface area contributed by atoms with Gasteiger partial charge in [0, 0.05) is 24.2 Å². The Bertz CT molecular complexity index is 819. The van der Waals surface area contributed by atoms with Gasteiger partial charge in [0.05, 0.1) is 0 Å². The van der Waals surface area contributed by atoms with Crippen molar-refractivity contribution in [2.75, 3.05) is 0 Å². The molecule has 0 bridgehead atoms. The van der Waals surface area contributed by atoms with Crippen molar-refractivity contribution in [1.82, 2.24) is 0 Å². The van der Waals surface area contributed by atoms with E-state index < -0.39 is 0 Å². The molecular weight excluding hydrogens is 392 g/mol. The van der Waals surface area contributed by atoms with Crippen LogP contribution >= 0.6 is 0 Å². The van der Waals surface area contributed by atoms with Crippen LogP contribution < -0.4 is 0 Å². The van der Waals surface area contributed by atoms with Crippen LogP contribution in [0.3, 0.4) is 0 Å². The topological polar surface area (TPSA) is 34.1 Å². The average Bonchev–Trinajstić information content (AvgIpc) is 3.00. The van der Waals surface area contributed by atoms with Gasteiger partial charge in [0.1, 0.15) is 11.6 Å². The normalized spacial score (nSPS) is 43.8. The van der Waals surface area contributed by atoms with E-state index in [1.807, 2.05) is 13.8 Å². The number of Topliss-reactive ketones (excluding diaryl/α,β-unsaturated/α-hetero) is 2. The van der Waals surface area contributed by atoms with E-state index in [1.54, 1.807) is 5.57 Å². The molecule has 0 spiro atoms. The predicted octanol–water partition coefficient (Wildman–Crippen LogP) is 7.80. The molecule has 4 aliphatic rings. The number of carbonyl (C=O) groups is 2. The minimum absolute atomic E-state index is 0.162. The Balaban J connectivity index is 1.61. The highest BCUT2D eigenvalue weighted by Gasteiger charge is 2.65. The van der Waals surface area contributed by atoms with E-state index >= 15 is 0 Å². The van der Waals surface area contributed by atoms with Crippen molar-refractivity contribution in [3.63, 3.8) is 0 Å². The number of hydrogen-bond acceptors (Lipinski definition) is 2. The second-order valence-electron chi connectivity index (χ2n) is 13.7. The van der Waals surface area contributed by atoms with Crippen molar-refractivity contribution in [3.05, 3.63) is 11.6 Å². The standard InChI is InChI=1S/C30H48O2/c1-19(2)24(31)11-9-20(3)21-13-17-30(8)23-10-12-25-27(4,5)26(32)15-16-28(25,6)22(23)14-18-29(21,30)7/h10,19-22,25H,9,11-18H2,1-8H3/t20-,21-,22-,25-,28+,29-,30+/m0/s1. The summed E-state index contributed by atoms with van der Waals surface area (Å²) in [4.78, 5) is 25.1. The van der Waals surface area contributed by atoms with Gasteiger partial charge in [-0.3, -0.25) is 9.59 Å². The summed E-state index contributed by atoms with van der Waals surface area (Å²) >= 11 is 0. The van der Waals surface area contributed by atoms with Crippen LogP contribution in [-0.4, -0.2) is 11.6 Å². The Hall–Kier alpha value is -0.920. The SMILES string of the molecule is CC(C)C(=O)CC[C@H](C)[C@@H]1CC[C@]2(C)C3=CC[C@H]4C(C)(C)C(=O)CC[C@]4(C)[C@H]3CC[C@@]12C. The third kappa shape index (κ3) is 3.24. The average molecular weight is 441 g/mol. The maximum absolute atomic E-state index is 12.8. The third-order valence-corrected chi connectivity index (χ3v) is 11.8.